The lowest BCUT2D eigenvalue weighted by Crippen LogP contribution is -2.48. The molecule has 0 atom stereocenters. The molecule has 3 amide bonds. The summed E-state index contributed by atoms with van der Waals surface area (Å²) < 4.78 is 0.964. The second-order valence-electron chi connectivity index (χ2n) is 7.17. The van der Waals surface area contributed by atoms with Gasteiger partial charge in [0.05, 0.1) is 0 Å². The van der Waals surface area contributed by atoms with E-state index in [1.807, 2.05) is 32.0 Å². The number of amides is 3. The maximum atomic E-state index is 12.4. The average molecular weight is 572 g/mol. The van der Waals surface area contributed by atoms with Crippen LogP contribution < -0.4 is 21.5 Å². The highest BCUT2D eigenvalue weighted by Crippen LogP contribution is 2.14. The van der Waals surface area contributed by atoms with Crippen molar-refractivity contribution in [3.63, 3.8) is 0 Å². The molecule has 4 N–H and O–H groups in total. The second-order valence-corrected chi connectivity index (χ2v) is 8.74. The molecule has 7 nitrogen and oxygen atoms in total. The molecule has 0 radical (unpaired) electrons. The number of rotatable bonds is 4. The van der Waals surface area contributed by atoms with E-state index in [2.05, 4.69) is 44.1 Å². The molecule has 33 heavy (non-hydrogen) atoms. The topological polar surface area (TPSA) is 99.3 Å². The quantitative estimate of drug-likeness (QED) is 0.214. The van der Waals surface area contributed by atoms with Crippen molar-refractivity contribution < 1.29 is 14.4 Å². The number of carbonyl (C=O) groups is 3. The first-order chi connectivity index (χ1) is 15.7. The Hall–Kier alpha value is -3.31. The summed E-state index contributed by atoms with van der Waals surface area (Å²) >= 11 is 7.23. The standard InChI is InChI=1S/C24H21IN4O3S/c1-14-5-3-4-6-19(14)23(32)26-18-11-9-16(10-12-18)22(31)28-29-24(33)27-21(30)17-8-7-15(2)20(25)13-17/h3-13H,1-2H3,(H,26,32)(H,28,31)(H2,27,29,30,33). The van der Waals surface area contributed by atoms with Crippen molar-refractivity contribution in [1.29, 1.82) is 0 Å². The van der Waals surface area contributed by atoms with Gasteiger partial charge in [-0.15, -0.1) is 0 Å². The first-order valence-corrected chi connectivity index (χ1v) is 11.4. The van der Waals surface area contributed by atoms with Crippen LogP contribution in [0, 0.1) is 17.4 Å². The second kappa shape index (κ2) is 11.0. The van der Waals surface area contributed by atoms with Gasteiger partial charge in [-0.3, -0.25) is 30.6 Å². The van der Waals surface area contributed by atoms with Crippen LogP contribution in [-0.4, -0.2) is 22.8 Å². The molecular weight excluding hydrogens is 551 g/mol. The SMILES string of the molecule is Cc1ccc(C(=O)NC(=S)NNC(=O)c2ccc(NC(=O)c3ccccc3C)cc2)cc1I. The van der Waals surface area contributed by atoms with Gasteiger partial charge < -0.3 is 5.32 Å². The first-order valence-electron chi connectivity index (χ1n) is 9.89. The molecule has 3 aromatic carbocycles. The molecular formula is C24H21IN4O3S. The Kier molecular flexibility index (Phi) is 8.12. The number of benzene rings is 3. The Morgan fingerprint density at radius 3 is 2.09 bits per heavy atom. The molecule has 3 rings (SSSR count). The minimum atomic E-state index is -0.451. The average Bonchev–Trinajstić information content (AvgIpc) is 2.80. The molecule has 0 aliphatic rings. The zero-order valence-electron chi connectivity index (χ0n) is 17.9. The summed E-state index contributed by atoms with van der Waals surface area (Å²) in [6.07, 6.45) is 0. The highest BCUT2D eigenvalue weighted by molar-refractivity contribution is 14.1. The number of hydrogen-bond acceptors (Lipinski definition) is 4. The minimum absolute atomic E-state index is 0.0361. The van der Waals surface area contributed by atoms with Crippen LogP contribution in [0.15, 0.2) is 66.7 Å². The molecule has 0 saturated carbocycles. The zero-order chi connectivity index (χ0) is 24.0. The number of aryl methyl sites for hydroxylation is 2. The normalized spacial score (nSPS) is 10.2. The van der Waals surface area contributed by atoms with Crippen LogP contribution in [0.3, 0.4) is 0 Å². The van der Waals surface area contributed by atoms with Gasteiger partial charge in [0.2, 0.25) is 0 Å². The highest BCUT2D eigenvalue weighted by atomic mass is 127. The minimum Gasteiger partial charge on any atom is -0.322 e. The lowest BCUT2D eigenvalue weighted by atomic mass is 10.1. The molecule has 0 aromatic heterocycles. The molecule has 0 bridgehead atoms. The molecule has 0 aliphatic heterocycles. The van der Waals surface area contributed by atoms with Crippen molar-refractivity contribution in [3.8, 4) is 0 Å². The van der Waals surface area contributed by atoms with Crippen molar-refractivity contribution >= 4 is 63.3 Å². The van der Waals surface area contributed by atoms with Crippen LogP contribution in [0.2, 0.25) is 0 Å². The highest BCUT2D eigenvalue weighted by Gasteiger charge is 2.12. The van der Waals surface area contributed by atoms with E-state index in [0.717, 1.165) is 14.7 Å². The third kappa shape index (κ3) is 6.59. The van der Waals surface area contributed by atoms with Gasteiger partial charge >= 0.3 is 0 Å². The van der Waals surface area contributed by atoms with Gasteiger partial charge in [-0.2, -0.15) is 0 Å². The summed E-state index contributed by atoms with van der Waals surface area (Å²) in [7, 11) is 0. The molecule has 168 valence electrons. The number of hydrogen-bond donors (Lipinski definition) is 4. The fraction of sp³-hybridized carbons (Fsp3) is 0.0833. The van der Waals surface area contributed by atoms with Gasteiger partial charge in [0, 0.05) is 25.9 Å². The molecule has 9 heteroatoms. The van der Waals surface area contributed by atoms with Crippen LogP contribution >= 0.6 is 34.8 Å². The smallest absolute Gasteiger partial charge is 0.269 e. The molecule has 0 saturated heterocycles. The Morgan fingerprint density at radius 1 is 0.758 bits per heavy atom. The Labute approximate surface area is 210 Å². The predicted octanol–water partition coefficient (Wildman–Crippen LogP) is 4.11. The van der Waals surface area contributed by atoms with Gasteiger partial charge in [0.1, 0.15) is 0 Å². The van der Waals surface area contributed by atoms with Gasteiger partial charge in [-0.1, -0.05) is 24.3 Å². The molecule has 0 fully saturated rings. The third-order valence-corrected chi connectivity index (χ3v) is 6.11. The number of anilines is 1. The molecule has 0 heterocycles. The molecule has 0 aliphatic carbocycles. The van der Waals surface area contributed by atoms with E-state index < -0.39 is 5.91 Å². The summed E-state index contributed by atoms with van der Waals surface area (Å²) in [4.78, 5) is 37.1. The van der Waals surface area contributed by atoms with E-state index in [1.165, 1.54) is 0 Å². The number of hydrazine groups is 1. The summed E-state index contributed by atoms with van der Waals surface area (Å²) in [5.41, 5.74) is 8.84. The zero-order valence-corrected chi connectivity index (χ0v) is 20.8. The van der Waals surface area contributed by atoms with E-state index >= 15 is 0 Å². The monoisotopic (exact) mass is 572 g/mol. The van der Waals surface area contributed by atoms with Crippen LogP contribution in [0.5, 0.6) is 0 Å². The third-order valence-electron chi connectivity index (χ3n) is 4.75. The van der Waals surface area contributed by atoms with E-state index in [-0.39, 0.29) is 16.9 Å². The van der Waals surface area contributed by atoms with Gasteiger partial charge in [-0.05, 0) is 102 Å². The molecule has 3 aromatic rings. The van der Waals surface area contributed by atoms with Gasteiger partial charge in [0.15, 0.2) is 5.11 Å². The molecule has 0 unspecified atom stereocenters. The fourth-order valence-corrected chi connectivity index (χ4v) is 3.52. The summed E-state index contributed by atoms with van der Waals surface area (Å²) in [5, 5.41) is 5.29. The van der Waals surface area contributed by atoms with Crippen molar-refractivity contribution in [2.75, 3.05) is 5.32 Å². The summed E-state index contributed by atoms with van der Waals surface area (Å²) in [6, 6.07) is 19.0. The number of nitrogens with one attached hydrogen (secondary N) is 4. The largest absolute Gasteiger partial charge is 0.322 e. The maximum Gasteiger partial charge on any atom is 0.269 e. The Morgan fingerprint density at radius 2 is 1.42 bits per heavy atom. The van der Waals surface area contributed by atoms with E-state index in [9.17, 15) is 14.4 Å². The van der Waals surface area contributed by atoms with Gasteiger partial charge in [0.25, 0.3) is 17.7 Å². The summed E-state index contributed by atoms with van der Waals surface area (Å²) in [6.45, 7) is 3.82. The lowest BCUT2D eigenvalue weighted by Gasteiger charge is -2.12. The van der Waals surface area contributed by atoms with Crippen molar-refractivity contribution in [3.05, 3.63) is 98.1 Å². The number of halogens is 1. The van der Waals surface area contributed by atoms with Crippen LogP contribution in [0.1, 0.15) is 42.2 Å². The van der Waals surface area contributed by atoms with Gasteiger partial charge in [-0.25, -0.2) is 0 Å². The molecule has 0 spiro atoms. The van der Waals surface area contributed by atoms with E-state index in [0.29, 0.717) is 22.4 Å². The van der Waals surface area contributed by atoms with E-state index in [4.69, 9.17) is 12.2 Å². The maximum absolute atomic E-state index is 12.4. The number of carbonyl (C=O) groups excluding carboxylic acids is 3. The van der Waals surface area contributed by atoms with Crippen LogP contribution in [-0.2, 0) is 0 Å². The van der Waals surface area contributed by atoms with Crippen molar-refractivity contribution in [1.82, 2.24) is 16.2 Å². The van der Waals surface area contributed by atoms with Crippen LogP contribution in [0.25, 0.3) is 0 Å². The van der Waals surface area contributed by atoms with E-state index in [1.54, 1.807) is 48.5 Å². The van der Waals surface area contributed by atoms with Crippen LogP contribution in [0.4, 0.5) is 5.69 Å². The fourth-order valence-electron chi connectivity index (χ4n) is 2.86. The summed E-state index contributed by atoms with van der Waals surface area (Å²) in [5.74, 6) is -1.06. The Bertz CT molecular complexity index is 1230. The first kappa shape index (κ1) is 24.3. The Balaban J connectivity index is 1.51. The predicted molar refractivity (Wildman–Crippen MR) is 140 cm³/mol. The van der Waals surface area contributed by atoms with Crippen molar-refractivity contribution in [2.24, 2.45) is 0 Å². The lowest BCUT2D eigenvalue weighted by molar-refractivity contribution is 0.0934. The number of thiocarbonyl (C=S) groups is 1. The van der Waals surface area contributed by atoms with Crippen molar-refractivity contribution in [2.45, 2.75) is 13.8 Å².